The van der Waals surface area contributed by atoms with Crippen LogP contribution in [0.2, 0.25) is 0 Å². The van der Waals surface area contributed by atoms with Gasteiger partial charge in [0.15, 0.2) is 6.10 Å². The van der Waals surface area contributed by atoms with E-state index in [2.05, 4.69) is 4.90 Å². The quantitative estimate of drug-likeness (QED) is 0.215. The fraction of sp³-hybridized carbons (Fsp3) is 0.526. The maximum Gasteiger partial charge on any atom is 0.340 e. The second kappa shape index (κ2) is 14.1. The van der Waals surface area contributed by atoms with Crippen molar-refractivity contribution < 1.29 is 28.5 Å². The largest absolute Gasteiger partial charge is 0.493 e. The monoisotopic (exact) mass is 632 g/mol. The minimum atomic E-state index is -0.995. The number of carbonyl (C=O) groups is 1. The SMILES string of the molecule is Cc1nc(CO)c(-c2ccc(OCCc3ccc(F)cc3)cc2)c(N2CCC3(CCC3)CC2)c1[C@H](OC(C)(C)C)C(=O)OC(C)C. The maximum atomic E-state index is 13.8. The number of aliphatic hydroxyl groups is 1. The Labute approximate surface area is 273 Å². The van der Waals surface area contributed by atoms with Gasteiger partial charge in [0.25, 0.3) is 0 Å². The molecule has 2 aromatic carbocycles. The lowest BCUT2D eigenvalue weighted by Crippen LogP contribution is -2.44. The van der Waals surface area contributed by atoms with Crippen LogP contribution in [0.1, 0.15) is 95.3 Å². The lowest BCUT2D eigenvalue weighted by atomic mass is 9.63. The highest BCUT2D eigenvalue weighted by Crippen LogP contribution is 2.51. The number of carbonyl (C=O) groups excluding carboxylic acids is 1. The first-order chi connectivity index (χ1) is 21.9. The standard InChI is InChI=1S/C38H49FN2O5/c1-25(2)45-36(43)35(46-37(4,5)6)32-26(3)40-31(24-42)33(34(32)41-21-19-38(20-22-41)17-7-18-38)28-10-14-30(15-11-28)44-23-16-27-8-12-29(39)13-9-27/h8-15,25,35,42H,7,16-24H2,1-6H3/t35-/m0/s1. The van der Waals surface area contributed by atoms with Gasteiger partial charge in [0.2, 0.25) is 0 Å². The summed E-state index contributed by atoms with van der Waals surface area (Å²) in [5.74, 6) is 0.00424. The van der Waals surface area contributed by atoms with Gasteiger partial charge in [0.05, 0.1) is 36.3 Å². The van der Waals surface area contributed by atoms with E-state index in [9.17, 15) is 14.3 Å². The molecule has 0 bridgehead atoms. The van der Waals surface area contributed by atoms with Crippen molar-refractivity contribution in [2.45, 2.75) is 104 Å². The van der Waals surface area contributed by atoms with E-state index < -0.39 is 17.7 Å². The number of hydrogen-bond acceptors (Lipinski definition) is 7. The number of aliphatic hydroxyl groups excluding tert-OH is 1. The van der Waals surface area contributed by atoms with Gasteiger partial charge in [-0.05, 0) is 108 Å². The number of piperidine rings is 1. The van der Waals surface area contributed by atoms with Gasteiger partial charge in [-0.15, -0.1) is 0 Å². The fourth-order valence-corrected chi connectivity index (χ4v) is 6.73. The van der Waals surface area contributed by atoms with Gasteiger partial charge in [0, 0.05) is 36.3 Å². The number of rotatable bonds is 11. The summed E-state index contributed by atoms with van der Waals surface area (Å²) in [5, 5.41) is 10.6. The molecule has 0 unspecified atom stereocenters. The highest BCUT2D eigenvalue weighted by Gasteiger charge is 2.42. The van der Waals surface area contributed by atoms with Crippen LogP contribution < -0.4 is 9.64 Å². The van der Waals surface area contributed by atoms with Crippen LogP contribution in [0.3, 0.4) is 0 Å². The molecule has 1 saturated heterocycles. The molecule has 8 heteroatoms. The Morgan fingerprint density at radius 2 is 1.67 bits per heavy atom. The zero-order valence-corrected chi connectivity index (χ0v) is 28.2. The summed E-state index contributed by atoms with van der Waals surface area (Å²) in [7, 11) is 0. The molecule has 3 aromatic rings. The summed E-state index contributed by atoms with van der Waals surface area (Å²) < 4.78 is 31.6. The number of aromatic nitrogens is 1. The molecule has 46 heavy (non-hydrogen) atoms. The molecule has 0 amide bonds. The normalized spacial score (nSPS) is 16.8. The number of anilines is 1. The van der Waals surface area contributed by atoms with E-state index in [4.69, 9.17) is 19.2 Å². The average Bonchev–Trinajstić information content (AvgIpc) is 2.99. The highest BCUT2D eigenvalue weighted by molar-refractivity contribution is 5.88. The third-order valence-corrected chi connectivity index (χ3v) is 9.19. The van der Waals surface area contributed by atoms with Crippen molar-refractivity contribution in [2.24, 2.45) is 5.41 Å². The number of ether oxygens (including phenoxy) is 3. The molecule has 248 valence electrons. The van der Waals surface area contributed by atoms with Crippen molar-refractivity contribution >= 4 is 11.7 Å². The van der Waals surface area contributed by atoms with Gasteiger partial charge >= 0.3 is 5.97 Å². The molecule has 1 saturated carbocycles. The molecule has 1 aliphatic carbocycles. The van der Waals surface area contributed by atoms with Crippen LogP contribution in [-0.4, -0.2) is 47.5 Å². The Morgan fingerprint density at radius 1 is 1.02 bits per heavy atom. The Morgan fingerprint density at radius 3 is 2.22 bits per heavy atom. The van der Waals surface area contributed by atoms with Crippen molar-refractivity contribution in [3.63, 3.8) is 0 Å². The summed E-state index contributed by atoms with van der Waals surface area (Å²) in [5.41, 5.74) is 5.22. The molecule has 1 atom stereocenters. The van der Waals surface area contributed by atoms with Crippen molar-refractivity contribution in [3.8, 4) is 16.9 Å². The molecule has 1 N–H and O–H groups in total. The van der Waals surface area contributed by atoms with Crippen LogP contribution in [0.4, 0.5) is 10.1 Å². The number of benzene rings is 2. The van der Waals surface area contributed by atoms with Crippen molar-refractivity contribution in [1.82, 2.24) is 4.98 Å². The summed E-state index contributed by atoms with van der Waals surface area (Å²) >= 11 is 0. The first-order valence-corrected chi connectivity index (χ1v) is 16.6. The first-order valence-electron chi connectivity index (χ1n) is 16.6. The van der Waals surface area contributed by atoms with E-state index in [0.717, 1.165) is 48.3 Å². The number of hydrogen-bond donors (Lipinski definition) is 1. The smallest absolute Gasteiger partial charge is 0.340 e. The average molecular weight is 633 g/mol. The summed E-state index contributed by atoms with van der Waals surface area (Å²) in [4.78, 5) is 21.0. The minimum absolute atomic E-state index is 0.252. The van der Waals surface area contributed by atoms with Gasteiger partial charge in [0.1, 0.15) is 11.6 Å². The third-order valence-electron chi connectivity index (χ3n) is 9.19. The minimum Gasteiger partial charge on any atom is -0.493 e. The van der Waals surface area contributed by atoms with Crippen LogP contribution in [-0.2, 0) is 27.3 Å². The van der Waals surface area contributed by atoms with Crippen LogP contribution in [0, 0.1) is 18.2 Å². The van der Waals surface area contributed by atoms with E-state index >= 15 is 0 Å². The molecule has 7 nitrogen and oxygen atoms in total. The van der Waals surface area contributed by atoms with Crippen molar-refractivity contribution in [1.29, 1.82) is 0 Å². The van der Waals surface area contributed by atoms with Crippen LogP contribution >= 0.6 is 0 Å². The van der Waals surface area contributed by atoms with Gasteiger partial charge in [-0.25, -0.2) is 9.18 Å². The molecule has 2 aliphatic rings. The van der Waals surface area contributed by atoms with E-state index in [1.54, 1.807) is 12.1 Å². The van der Waals surface area contributed by atoms with Crippen molar-refractivity contribution in [3.05, 3.63) is 76.9 Å². The number of nitrogens with zero attached hydrogens (tertiary/aromatic N) is 2. The second-order valence-corrected chi connectivity index (χ2v) is 14.1. The Hall–Kier alpha value is -3.49. The number of pyridine rings is 1. The summed E-state index contributed by atoms with van der Waals surface area (Å²) in [6.45, 7) is 13.3. The summed E-state index contributed by atoms with van der Waals surface area (Å²) in [6, 6.07) is 14.2. The third kappa shape index (κ3) is 7.89. The molecular weight excluding hydrogens is 583 g/mol. The van der Waals surface area contributed by atoms with E-state index in [1.165, 1.54) is 31.4 Å². The second-order valence-electron chi connectivity index (χ2n) is 14.1. The van der Waals surface area contributed by atoms with Gasteiger partial charge in [-0.1, -0.05) is 30.7 Å². The molecule has 2 fully saturated rings. The molecule has 1 aromatic heterocycles. The lowest BCUT2D eigenvalue weighted by Gasteiger charge is -2.49. The summed E-state index contributed by atoms with van der Waals surface area (Å²) in [6.07, 6.45) is 5.37. The van der Waals surface area contributed by atoms with Gasteiger partial charge < -0.3 is 24.2 Å². The van der Waals surface area contributed by atoms with Crippen molar-refractivity contribution in [2.75, 3.05) is 24.6 Å². The number of esters is 1. The van der Waals surface area contributed by atoms with Crippen LogP contribution in [0.25, 0.3) is 11.1 Å². The number of aryl methyl sites for hydroxylation is 1. The van der Waals surface area contributed by atoms with E-state index in [1.807, 2.05) is 65.8 Å². The predicted molar refractivity (Wildman–Crippen MR) is 178 cm³/mol. The first kappa shape index (κ1) is 33.9. The lowest BCUT2D eigenvalue weighted by molar-refractivity contribution is -0.171. The number of halogens is 1. The molecule has 1 aliphatic heterocycles. The van der Waals surface area contributed by atoms with Crippen LogP contribution in [0.5, 0.6) is 5.75 Å². The van der Waals surface area contributed by atoms with Gasteiger partial charge in [-0.3, -0.25) is 4.98 Å². The predicted octanol–water partition coefficient (Wildman–Crippen LogP) is 7.89. The zero-order chi connectivity index (χ0) is 33.1. The Bertz CT molecular complexity index is 1480. The molecule has 1 spiro atoms. The molecule has 0 radical (unpaired) electrons. The molecule has 2 heterocycles. The highest BCUT2D eigenvalue weighted by atomic mass is 19.1. The molecule has 5 rings (SSSR count). The topological polar surface area (TPSA) is 81.1 Å². The zero-order valence-electron chi connectivity index (χ0n) is 28.2. The van der Waals surface area contributed by atoms with E-state index in [-0.39, 0.29) is 18.5 Å². The van der Waals surface area contributed by atoms with Gasteiger partial charge in [-0.2, -0.15) is 0 Å². The Kier molecular flexibility index (Phi) is 10.4. The van der Waals surface area contributed by atoms with E-state index in [0.29, 0.717) is 41.1 Å². The fourth-order valence-electron chi connectivity index (χ4n) is 6.73. The maximum absolute atomic E-state index is 13.8. The Balaban J connectivity index is 1.55. The molecular formula is C38H49FN2O5. The van der Waals surface area contributed by atoms with Crippen LogP contribution in [0.15, 0.2) is 48.5 Å².